The molecule has 0 unspecified atom stereocenters. The first-order valence-corrected chi connectivity index (χ1v) is 16.4. The number of amides is 2. The minimum Gasteiger partial charge on any atom is -0.493 e. The number of benzene rings is 2. The van der Waals surface area contributed by atoms with E-state index in [9.17, 15) is 14.4 Å². The number of ether oxygens (including phenoxy) is 3. The number of hydrogen-bond acceptors (Lipinski definition) is 9. The fraction of sp³-hybridized carbons (Fsp3) is 0.353. The number of aryl methyl sites for hydroxylation is 2. The molecular formula is C34H39N5O6S. The molecule has 4 aromatic rings. The predicted molar refractivity (Wildman–Crippen MR) is 183 cm³/mol. The number of anilines is 2. The number of H-pyrrole nitrogens is 1. The second-order valence-corrected chi connectivity index (χ2v) is 12.1. The van der Waals surface area contributed by atoms with Crippen molar-refractivity contribution < 1.29 is 23.8 Å². The van der Waals surface area contributed by atoms with Crippen LogP contribution in [0, 0.1) is 6.92 Å². The maximum absolute atomic E-state index is 13.9. The van der Waals surface area contributed by atoms with Crippen molar-refractivity contribution in [3.8, 4) is 28.4 Å². The minimum atomic E-state index is -0.695. The Balaban J connectivity index is 1.57. The fourth-order valence-corrected chi connectivity index (χ4v) is 6.43. The van der Waals surface area contributed by atoms with Gasteiger partial charge in [-0.3, -0.25) is 14.4 Å². The maximum Gasteiger partial charge on any atom is 0.246 e. The van der Waals surface area contributed by atoms with Gasteiger partial charge in [0.25, 0.3) is 0 Å². The summed E-state index contributed by atoms with van der Waals surface area (Å²) in [7, 11) is 4.67. The van der Waals surface area contributed by atoms with E-state index in [1.54, 1.807) is 51.3 Å². The van der Waals surface area contributed by atoms with E-state index in [-0.39, 0.29) is 22.9 Å². The van der Waals surface area contributed by atoms with Crippen LogP contribution in [-0.2, 0) is 16.0 Å². The number of nitrogens with zero attached hydrogens (tertiary/aromatic N) is 1. The molecule has 0 radical (unpaired) electrons. The van der Waals surface area contributed by atoms with Crippen LogP contribution >= 0.6 is 11.8 Å². The first-order valence-electron chi connectivity index (χ1n) is 15.0. The van der Waals surface area contributed by atoms with Crippen LogP contribution in [0.5, 0.6) is 17.2 Å². The van der Waals surface area contributed by atoms with E-state index in [4.69, 9.17) is 14.2 Å². The van der Waals surface area contributed by atoms with E-state index in [1.165, 1.54) is 6.92 Å². The Morgan fingerprint density at radius 2 is 1.85 bits per heavy atom. The maximum atomic E-state index is 13.9. The van der Waals surface area contributed by atoms with Crippen molar-refractivity contribution in [1.82, 2.24) is 15.3 Å². The van der Waals surface area contributed by atoms with E-state index in [1.807, 2.05) is 37.4 Å². The van der Waals surface area contributed by atoms with Crippen LogP contribution in [0.25, 0.3) is 22.2 Å². The SMILES string of the molecule is COc1cc2c(c(OC)c1OC)-c1ccc(N[C@@H](CCSC)C(=O)Nc3ccc4nc(C)[nH]c4c3)c(=O)cc1[C@@H](NC(C)=O)CC2. The largest absolute Gasteiger partial charge is 0.493 e. The van der Waals surface area contributed by atoms with Crippen molar-refractivity contribution in [3.05, 3.63) is 69.6 Å². The smallest absolute Gasteiger partial charge is 0.246 e. The number of rotatable bonds is 11. The summed E-state index contributed by atoms with van der Waals surface area (Å²) < 4.78 is 17.2. The van der Waals surface area contributed by atoms with Crippen LogP contribution in [-0.4, -0.2) is 61.2 Å². The zero-order chi connectivity index (χ0) is 33.0. The second-order valence-electron chi connectivity index (χ2n) is 11.1. The molecule has 242 valence electrons. The van der Waals surface area contributed by atoms with Crippen molar-refractivity contribution in [1.29, 1.82) is 0 Å². The first kappa shape index (κ1) is 32.7. The molecule has 2 atom stereocenters. The lowest BCUT2D eigenvalue weighted by molar-refractivity contribution is -0.120. The Kier molecular flexibility index (Phi) is 10.1. The van der Waals surface area contributed by atoms with Crippen molar-refractivity contribution in [3.63, 3.8) is 0 Å². The molecule has 0 saturated carbocycles. The molecule has 1 heterocycles. The molecule has 1 aromatic heterocycles. The number of imidazole rings is 1. The average molecular weight is 646 g/mol. The highest BCUT2D eigenvalue weighted by Gasteiger charge is 2.30. The third-order valence-corrected chi connectivity index (χ3v) is 8.68. The van der Waals surface area contributed by atoms with Gasteiger partial charge in [-0.15, -0.1) is 0 Å². The number of aromatic nitrogens is 2. The summed E-state index contributed by atoms with van der Waals surface area (Å²) in [6.07, 6.45) is 3.59. The predicted octanol–water partition coefficient (Wildman–Crippen LogP) is 5.22. The Morgan fingerprint density at radius 3 is 2.54 bits per heavy atom. The normalized spacial score (nSPS) is 14.3. The van der Waals surface area contributed by atoms with Gasteiger partial charge in [0.1, 0.15) is 11.9 Å². The average Bonchev–Trinajstić information content (AvgIpc) is 3.25. The highest BCUT2D eigenvalue weighted by atomic mass is 32.2. The van der Waals surface area contributed by atoms with E-state index in [0.29, 0.717) is 59.1 Å². The highest BCUT2D eigenvalue weighted by Crippen LogP contribution is 2.50. The lowest BCUT2D eigenvalue weighted by Crippen LogP contribution is -2.36. The van der Waals surface area contributed by atoms with Crippen molar-refractivity contribution in [2.45, 2.75) is 45.2 Å². The number of methoxy groups -OCH3 is 3. The van der Waals surface area contributed by atoms with Gasteiger partial charge in [-0.2, -0.15) is 11.8 Å². The monoisotopic (exact) mass is 645 g/mol. The van der Waals surface area contributed by atoms with Gasteiger partial charge in [0.05, 0.1) is 44.1 Å². The van der Waals surface area contributed by atoms with Gasteiger partial charge in [0.2, 0.25) is 23.0 Å². The van der Waals surface area contributed by atoms with Gasteiger partial charge in [-0.25, -0.2) is 4.98 Å². The van der Waals surface area contributed by atoms with E-state index in [2.05, 4.69) is 25.9 Å². The van der Waals surface area contributed by atoms with E-state index >= 15 is 0 Å². The quantitative estimate of drug-likeness (QED) is 0.173. The number of hydrogen-bond donors (Lipinski definition) is 4. The molecule has 0 fully saturated rings. The number of aromatic amines is 1. The van der Waals surface area contributed by atoms with Crippen LogP contribution in [0.3, 0.4) is 0 Å². The first-order chi connectivity index (χ1) is 22.2. The Morgan fingerprint density at radius 1 is 1.07 bits per heavy atom. The summed E-state index contributed by atoms with van der Waals surface area (Å²) in [5.74, 6) is 2.43. The number of nitrogens with one attached hydrogen (secondary N) is 4. The molecule has 4 N–H and O–H groups in total. The van der Waals surface area contributed by atoms with Crippen molar-refractivity contribution in [2.24, 2.45) is 0 Å². The summed E-state index contributed by atoms with van der Waals surface area (Å²) in [6, 6.07) is 11.3. The molecule has 0 saturated heterocycles. The standard InChI is InChI=1S/C34H39N5O6S/c1-18-35-25-11-8-21(16-28(25)36-18)38-34(42)27(13-14-46-6)39-26-12-9-22-23(17-29(26)41)24(37-19(2)40)10-7-20-15-30(43-3)32(44-4)33(45-5)31(20)22/h8-9,11-12,15-17,24,27H,7,10,13-14H2,1-6H3,(H,35,36)(H,37,40)(H,38,42)(H,39,41)/t24-,27-/m0/s1. The molecular weight excluding hydrogens is 606 g/mol. The van der Waals surface area contributed by atoms with Gasteiger partial charge in [-0.1, -0.05) is 6.07 Å². The number of carbonyl (C=O) groups is 2. The van der Waals surface area contributed by atoms with Crippen LogP contribution in [0.2, 0.25) is 0 Å². The lowest BCUT2D eigenvalue weighted by atomic mass is 9.95. The number of fused-ring (bicyclic) bond motifs is 4. The third-order valence-electron chi connectivity index (χ3n) is 8.04. The molecule has 5 rings (SSSR count). The highest BCUT2D eigenvalue weighted by molar-refractivity contribution is 7.98. The number of carbonyl (C=O) groups excluding carboxylic acids is 2. The Hall–Kier alpha value is -4.71. The van der Waals surface area contributed by atoms with Crippen LogP contribution in [0.1, 0.15) is 42.8 Å². The van der Waals surface area contributed by atoms with E-state index in [0.717, 1.165) is 28.0 Å². The van der Waals surface area contributed by atoms with Crippen LogP contribution < -0.4 is 35.6 Å². The molecule has 1 aliphatic rings. The lowest BCUT2D eigenvalue weighted by Gasteiger charge is -2.19. The molecule has 46 heavy (non-hydrogen) atoms. The molecule has 12 heteroatoms. The van der Waals surface area contributed by atoms with Crippen LogP contribution in [0.4, 0.5) is 11.4 Å². The van der Waals surface area contributed by atoms with Gasteiger partial charge in [0, 0.05) is 18.2 Å². The van der Waals surface area contributed by atoms with Crippen molar-refractivity contribution >= 4 is 46.0 Å². The molecule has 0 aliphatic heterocycles. The summed E-state index contributed by atoms with van der Waals surface area (Å²) in [5.41, 5.74) is 5.24. The van der Waals surface area contributed by atoms with Crippen LogP contribution in [0.15, 0.2) is 47.3 Å². The van der Waals surface area contributed by atoms with Gasteiger partial charge >= 0.3 is 0 Å². The Labute approximate surface area is 271 Å². The molecule has 3 aromatic carbocycles. The molecule has 1 aliphatic carbocycles. The van der Waals surface area contributed by atoms with E-state index < -0.39 is 12.1 Å². The molecule has 2 amide bonds. The zero-order valence-corrected chi connectivity index (χ0v) is 27.6. The Bertz CT molecular complexity index is 1840. The second kappa shape index (κ2) is 14.2. The van der Waals surface area contributed by atoms with Gasteiger partial charge in [-0.05, 0) is 91.3 Å². The van der Waals surface area contributed by atoms with Gasteiger partial charge in [0.15, 0.2) is 11.5 Å². The summed E-state index contributed by atoms with van der Waals surface area (Å²) in [6.45, 7) is 3.33. The number of thioether (sulfide) groups is 1. The van der Waals surface area contributed by atoms with Gasteiger partial charge < -0.3 is 35.1 Å². The third kappa shape index (κ3) is 6.76. The summed E-state index contributed by atoms with van der Waals surface area (Å²) in [4.78, 5) is 47.4. The zero-order valence-electron chi connectivity index (χ0n) is 26.8. The molecule has 0 bridgehead atoms. The summed E-state index contributed by atoms with van der Waals surface area (Å²) in [5, 5.41) is 9.24. The fourth-order valence-electron chi connectivity index (χ4n) is 5.96. The molecule has 11 nitrogen and oxygen atoms in total. The topological polar surface area (TPSA) is 144 Å². The molecule has 0 spiro atoms. The van der Waals surface area contributed by atoms with Crippen molar-refractivity contribution in [2.75, 3.05) is 44.0 Å². The summed E-state index contributed by atoms with van der Waals surface area (Å²) >= 11 is 1.61. The minimum absolute atomic E-state index is 0.210.